The lowest BCUT2D eigenvalue weighted by Gasteiger charge is -2.01. The molecule has 0 aliphatic heterocycles. The van der Waals surface area contributed by atoms with Crippen LogP contribution in [-0.2, 0) is 0 Å². The van der Waals surface area contributed by atoms with E-state index in [4.69, 9.17) is 16.3 Å². The van der Waals surface area contributed by atoms with Crippen LogP contribution in [0, 0.1) is 0 Å². The molecule has 3 aromatic rings. The molecule has 0 bridgehead atoms. The quantitative estimate of drug-likeness (QED) is 0.673. The van der Waals surface area contributed by atoms with Gasteiger partial charge in [-0.2, -0.15) is 0 Å². The Hall–Kier alpha value is -2.32. The van der Waals surface area contributed by atoms with Crippen molar-refractivity contribution in [2.24, 2.45) is 0 Å². The summed E-state index contributed by atoms with van der Waals surface area (Å²) in [5, 5.41) is 1.78. The van der Waals surface area contributed by atoms with Crippen LogP contribution < -0.4 is 4.74 Å². The zero-order chi connectivity index (χ0) is 14.7. The van der Waals surface area contributed by atoms with Crippen LogP contribution in [-0.4, -0.2) is 12.1 Å². The molecule has 0 fully saturated rings. The topological polar surface area (TPSA) is 22.1 Å². The van der Waals surface area contributed by atoms with E-state index >= 15 is 0 Å². The minimum Gasteiger partial charge on any atom is -0.497 e. The lowest BCUT2D eigenvalue weighted by atomic mass is 10.1. The van der Waals surface area contributed by atoms with Gasteiger partial charge in [-0.3, -0.25) is 0 Å². The van der Waals surface area contributed by atoms with Crippen LogP contribution in [0.2, 0.25) is 5.02 Å². The first-order chi connectivity index (χ1) is 10.2. The van der Waals surface area contributed by atoms with Crippen molar-refractivity contribution in [3.8, 4) is 5.75 Å². The minimum atomic E-state index is 0.698. The van der Waals surface area contributed by atoms with Gasteiger partial charge in [-0.05, 0) is 42.0 Å². The van der Waals surface area contributed by atoms with Gasteiger partial charge in [0, 0.05) is 10.4 Å². The molecule has 0 aliphatic carbocycles. The summed E-state index contributed by atoms with van der Waals surface area (Å²) in [6, 6.07) is 17.7. The number of hydrogen-bond acceptors (Lipinski definition) is 2. The van der Waals surface area contributed by atoms with E-state index in [0.29, 0.717) is 5.02 Å². The molecule has 0 N–H and O–H groups in total. The molecule has 1 heterocycles. The van der Waals surface area contributed by atoms with Crippen LogP contribution in [0.3, 0.4) is 0 Å². The number of rotatable bonds is 3. The van der Waals surface area contributed by atoms with Crippen molar-refractivity contribution in [1.29, 1.82) is 0 Å². The van der Waals surface area contributed by atoms with E-state index in [1.54, 1.807) is 7.11 Å². The van der Waals surface area contributed by atoms with E-state index in [2.05, 4.69) is 4.98 Å². The zero-order valence-corrected chi connectivity index (χ0v) is 12.3. The molecule has 104 valence electrons. The van der Waals surface area contributed by atoms with Crippen LogP contribution in [0.15, 0.2) is 54.6 Å². The summed E-state index contributed by atoms with van der Waals surface area (Å²) in [6.45, 7) is 0. The average molecular weight is 296 g/mol. The van der Waals surface area contributed by atoms with Gasteiger partial charge in [0.2, 0.25) is 0 Å². The van der Waals surface area contributed by atoms with Crippen molar-refractivity contribution in [2.45, 2.75) is 0 Å². The maximum absolute atomic E-state index is 6.01. The maximum Gasteiger partial charge on any atom is 0.119 e. The van der Waals surface area contributed by atoms with Crippen molar-refractivity contribution in [3.63, 3.8) is 0 Å². The third-order valence-electron chi connectivity index (χ3n) is 3.22. The molecular formula is C18H14ClNO. The van der Waals surface area contributed by atoms with Gasteiger partial charge in [0.05, 0.1) is 18.3 Å². The summed E-state index contributed by atoms with van der Waals surface area (Å²) < 4.78 is 5.21. The summed E-state index contributed by atoms with van der Waals surface area (Å²) in [5.74, 6) is 0.843. The van der Waals surface area contributed by atoms with Crippen molar-refractivity contribution < 1.29 is 4.74 Å². The van der Waals surface area contributed by atoms with Gasteiger partial charge in [0.25, 0.3) is 0 Å². The van der Waals surface area contributed by atoms with E-state index in [1.807, 2.05) is 66.7 Å². The predicted molar refractivity (Wildman–Crippen MR) is 88.7 cm³/mol. The van der Waals surface area contributed by atoms with E-state index in [1.165, 1.54) is 0 Å². The van der Waals surface area contributed by atoms with Crippen molar-refractivity contribution in [2.75, 3.05) is 7.11 Å². The van der Waals surface area contributed by atoms with Gasteiger partial charge in [-0.25, -0.2) is 4.98 Å². The molecule has 0 atom stereocenters. The Morgan fingerprint density at radius 3 is 2.71 bits per heavy atom. The molecule has 0 saturated heterocycles. The standard InChI is InChI=1S/C18H14ClNO/c1-21-17-4-2-3-13(11-17)5-9-16-10-7-14-6-8-15(19)12-18(14)20-16/h2-12H,1H3/b9-5+. The summed E-state index contributed by atoms with van der Waals surface area (Å²) >= 11 is 6.01. The lowest BCUT2D eigenvalue weighted by molar-refractivity contribution is 0.414. The minimum absolute atomic E-state index is 0.698. The molecule has 0 saturated carbocycles. The number of halogens is 1. The Labute approximate surface area is 128 Å². The molecule has 0 radical (unpaired) electrons. The van der Waals surface area contributed by atoms with Gasteiger partial charge >= 0.3 is 0 Å². The van der Waals surface area contributed by atoms with E-state index < -0.39 is 0 Å². The Morgan fingerprint density at radius 2 is 1.86 bits per heavy atom. The van der Waals surface area contributed by atoms with Crippen molar-refractivity contribution in [1.82, 2.24) is 4.98 Å². The third kappa shape index (κ3) is 3.23. The molecule has 0 aliphatic rings. The second kappa shape index (κ2) is 5.98. The number of benzene rings is 2. The molecule has 0 spiro atoms. The Bertz CT molecular complexity index is 811. The molecule has 0 unspecified atom stereocenters. The number of hydrogen-bond donors (Lipinski definition) is 0. The second-order valence-corrected chi connectivity index (χ2v) is 5.12. The van der Waals surface area contributed by atoms with Gasteiger partial charge in [-0.1, -0.05) is 41.9 Å². The van der Waals surface area contributed by atoms with Crippen LogP contribution in [0.25, 0.3) is 23.1 Å². The maximum atomic E-state index is 6.01. The number of nitrogens with zero attached hydrogens (tertiary/aromatic N) is 1. The Morgan fingerprint density at radius 1 is 1.00 bits per heavy atom. The molecule has 2 aromatic carbocycles. The second-order valence-electron chi connectivity index (χ2n) is 4.68. The van der Waals surface area contributed by atoms with Crippen molar-refractivity contribution >= 4 is 34.7 Å². The van der Waals surface area contributed by atoms with Crippen molar-refractivity contribution in [3.05, 3.63) is 70.9 Å². The fourth-order valence-corrected chi connectivity index (χ4v) is 2.29. The van der Waals surface area contributed by atoms with Crippen LogP contribution in [0.1, 0.15) is 11.3 Å². The number of fused-ring (bicyclic) bond motifs is 1. The molecule has 2 nitrogen and oxygen atoms in total. The molecule has 3 rings (SSSR count). The summed E-state index contributed by atoms with van der Waals surface area (Å²) in [6.07, 6.45) is 4.00. The normalized spacial score (nSPS) is 11.1. The number of pyridine rings is 1. The highest BCUT2D eigenvalue weighted by atomic mass is 35.5. The SMILES string of the molecule is COc1cccc(/C=C/c2ccc3ccc(Cl)cc3n2)c1. The van der Waals surface area contributed by atoms with Crippen LogP contribution in [0.5, 0.6) is 5.75 Å². The van der Waals surface area contributed by atoms with E-state index in [-0.39, 0.29) is 0 Å². The summed E-state index contributed by atoms with van der Waals surface area (Å²) in [7, 11) is 1.66. The Balaban J connectivity index is 1.91. The lowest BCUT2D eigenvalue weighted by Crippen LogP contribution is -1.84. The number of methoxy groups -OCH3 is 1. The monoisotopic (exact) mass is 295 g/mol. The highest BCUT2D eigenvalue weighted by Gasteiger charge is 1.98. The Kier molecular flexibility index (Phi) is 3.89. The molecule has 1 aromatic heterocycles. The highest BCUT2D eigenvalue weighted by molar-refractivity contribution is 6.31. The largest absolute Gasteiger partial charge is 0.497 e. The number of aromatic nitrogens is 1. The van der Waals surface area contributed by atoms with Gasteiger partial charge in [0.15, 0.2) is 0 Å². The number of ether oxygens (including phenoxy) is 1. The zero-order valence-electron chi connectivity index (χ0n) is 11.6. The third-order valence-corrected chi connectivity index (χ3v) is 3.45. The van der Waals surface area contributed by atoms with Gasteiger partial charge in [-0.15, -0.1) is 0 Å². The van der Waals surface area contributed by atoms with E-state index in [0.717, 1.165) is 27.9 Å². The molecule has 21 heavy (non-hydrogen) atoms. The first-order valence-electron chi connectivity index (χ1n) is 6.63. The molecular weight excluding hydrogens is 282 g/mol. The first-order valence-corrected chi connectivity index (χ1v) is 7.01. The summed E-state index contributed by atoms with van der Waals surface area (Å²) in [4.78, 5) is 4.59. The highest BCUT2D eigenvalue weighted by Crippen LogP contribution is 2.19. The van der Waals surface area contributed by atoms with E-state index in [9.17, 15) is 0 Å². The van der Waals surface area contributed by atoms with Crippen LogP contribution >= 0.6 is 11.6 Å². The van der Waals surface area contributed by atoms with Gasteiger partial charge < -0.3 is 4.74 Å². The van der Waals surface area contributed by atoms with Crippen LogP contribution in [0.4, 0.5) is 0 Å². The van der Waals surface area contributed by atoms with Gasteiger partial charge in [0.1, 0.15) is 5.75 Å². The first kappa shape index (κ1) is 13.7. The molecule has 0 amide bonds. The average Bonchev–Trinajstić information content (AvgIpc) is 2.52. The summed E-state index contributed by atoms with van der Waals surface area (Å²) in [5.41, 5.74) is 2.87. The fraction of sp³-hybridized carbons (Fsp3) is 0.0556. The predicted octanol–water partition coefficient (Wildman–Crippen LogP) is 5.07. The smallest absolute Gasteiger partial charge is 0.119 e. The molecule has 3 heteroatoms. The fourth-order valence-electron chi connectivity index (χ4n) is 2.13.